The van der Waals surface area contributed by atoms with E-state index in [0.29, 0.717) is 5.02 Å². The minimum Gasteiger partial charge on any atom is -0.314 e. The lowest BCUT2D eigenvalue weighted by Crippen LogP contribution is -2.06. The average Bonchev–Trinajstić information content (AvgIpc) is 1.95. The van der Waals surface area contributed by atoms with Gasteiger partial charge in [-0.1, -0.05) is 11.6 Å². The molecule has 0 aliphatic carbocycles. The third kappa shape index (κ3) is 1.97. The van der Waals surface area contributed by atoms with E-state index in [2.05, 4.69) is 10.3 Å². The molecule has 0 spiro atoms. The smallest absolute Gasteiger partial charge is 0.0589 e. The van der Waals surface area contributed by atoms with Gasteiger partial charge in [0.15, 0.2) is 0 Å². The number of hydrogen-bond donors (Lipinski definition) is 1. The third-order valence-corrected chi connectivity index (χ3v) is 1.37. The Labute approximate surface area is 65.2 Å². The largest absolute Gasteiger partial charge is 0.314 e. The SMILES string of the molecule is CNCc1ccc(Cl)cn1. The monoisotopic (exact) mass is 156 g/mol. The van der Waals surface area contributed by atoms with Gasteiger partial charge in [-0.3, -0.25) is 4.98 Å². The Hall–Kier alpha value is -0.600. The molecular formula is C7H9ClN2. The molecule has 0 radical (unpaired) electrons. The predicted molar refractivity (Wildman–Crippen MR) is 42.0 cm³/mol. The molecule has 10 heavy (non-hydrogen) atoms. The lowest BCUT2D eigenvalue weighted by molar-refractivity contribution is 0.791. The zero-order valence-corrected chi connectivity index (χ0v) is 6.52. The summed E-state index contributed by atoms with van der Waals surface area (Å²) in [6, 6.07) is 3.74. The van der Waals surface area contributed by atoms with E-state index in [1.54, 1.807) is 6.20 Å². The number of pyridine rings is 1. The Morgan fingerprint density at radius 2 is 2.40 bits per heavy atom. The van der Waals surface area contributed by atoms with Gasteiger partial charge in [0.2, 0.25) is 0 Å². The highest BCUT2D eigenvalue weighted by Gasteiger charge is 1.90. The maximum atomic E-state index is 5.63. The van der Waals surface area contributed by atoms with Crippen LogP contribution in [0.1, 0.15) is 5.69 Å². The van der Waals surface area contributed by atoms with E-state index in [4.69, 9.17) is 11.6 Å². The highest BCUT2D eigenvalue weighted by atomic mass is 35.5. The summed E-state index contributed by atoms with van der Waals surface area (Å²) in [7, 11) is 1.89. The second-order valence-corrected chi connectivity index (χ2v) is 2.43. The Bertz CT molecular complexity index is 195. The van der Waals surface area contributed by atoms with Crippen molar-refractivity contribution in [1.82, 2.24) is 10.3 Å². The maximum Gasteiger partial charge on any atom is 0.0589 e. The van der Waals surface area contributed by atoms with E-state index < -0.39 is 0 Å². The first kappa shape index (κ1) is 7.51. The Kier molecular flexibility index (Phi) is 2.66. The van der Waals surface area contributed by atoms with Crippen molar-refractivity contribution in [2.75, 3.05) is 7.05 Å². The maximum absolute atomic E-state index is 5.63. The molecule has 0 amide bonds. The average molecular weight is 157 g/mol. The molecule has 1 aromatic heterocycles. The molecule has 0 unspecified atom stereocenters. The van der Waals surface area contributed by atoms with Gasteiger partial charge in [0, 0.05) is 12.7 Å². The summed E-state index contributed by atoms with van der Waals surface area (Å²) in [5, 5.41) is 3.68. The van der Waals surface area contributed by atoms with Gasteiger partial charge in [-0.15, -0.1) is 0 Å². The molecule has 3 heteroatoms. The molecule has 1 rings (SSSR count). The first-order valence-corrected chi connectivity index (χ1v) is 3.46. The third-order valence-electron chi connectivity index (χ3n) is 1.15. The molecular weight excluding hydrogens is 148 g/mol. The first-order valence-electron chi connectivity index (χ1n) is 3.08. The van der Waals surface area contributed by atoms with Crippen LogP contribution in [0.25, 0.3) is 0 Å². The highest BCUT2D eigenvalue weighted by molar-refractivity contribution is 6.30. The van der Waals surface area contributed by atoms with Crippen LogP contribution in [0.2, 0.25) is 5.02 Å². The Morgan fingerprint density at radius 1 is 1.60 bits per heavy atom. The molecule has 0 aliphatic rings. The normalized spacial score (nSPS) is 9.80. The zero-order chi connectivity index (χ0) is 7.40. The van der Waals surface area contributed by atoms with E-state index in [9.17, 15) is 0 Å². The Morgan fingerprint density at radius 3 is 2.90 bits per heavy atom. The minimum atomic E-state index is 0.680. The van der Waals surface area contributed by atoms with Gasteiger partial charge in [-0.2, -0.15) is 0 Å². The fraction of sp³-hybridized carbons (Fsp3) is 0.286. The van der Waals surface area contributed by atoms with Crippen LogP contribution in [-0.2, 0) is 6.54 Å². The lowest BCUT2D eigenvalue weighted by Gasteiger charge is -1.96. The van der Waals surface area contributed by atoms with Crippen molar-refractivity contribution in [3.8, 4) is 0 Å². The van der Waals surface area contributed by atoms with Crippen molar-refractivity contribution < 1.29 is 0 Å². The molecule has 0 aliphatic heterocycles. The molecule has 0 saturated carbocycles. The van der Waals surface area contributed by atoms with Crippen LogP contribution in [-0.4, -0.2) is 12.0 Å². The highest BCUT2D eigenvalue weighted by Crippen LogP contribution is 2.05. The van der Waals surface area contributed by atoms with E-state index in [1.165, 1.54) is 0 Å². The fourth-order valence-electron chi connectivity index (χ4n) is 0.692. The van der Waals surface area contributed by atoms with Gasteiger partial charge >= 0.3 is 0 Å². The summed E-state index contributed by atoms with van der Waals surface area (Å²) in [6.07, 6.45) is 1.65. The van der Waals surface area contributed by atoms with Crippen molar-refractivity contribution in [3.63, 3.8) is 0 Å². The number of aromatic nitrogens is 1. The number of nitrogens with zero attached hydrogens (tertiary/aromatic N) is 1. The molecule has 0 saturated heterocycles. The standard InChI is InChI=1S/C7H9ClN2/c1-9-5-7-3-2-6(8)4-10-7/h2-4,9H,5H2,1H3. The van der Waals surface area contributed by atoms with Crippen LogP contribution in [0.3, 0.4) is 0 Å². The van der Waals surface area contributed by atoms with Crippen LogP contribution in [0, 0.1) is 0 Å². The molecule has 0 atom stereocenters. The fourth-order valence-corrected chi connectivity index (χ4v) is 0.804. The molecule has 54 valence electrons. The molecule has 2 nitrogen and oxygen atoms in total. The topological polar surface area (TPSA) is 24.9 Å². The molecule has 0 fully saturated rings. The summed E-state index contributed by atoms with van der Waals surface area (Å²) >= 11 is 5.63. The van der Waals surface area contributed by atoms with Gasteiger partial charge in [0.25, 0.3) is 0 Å². The van der Waals surface area contributed by atoms with Crippen LogP contribution < -0.4 is 5.32 Å². The second kappa shape index (κ2) is 3.54. The van der Waals surface area contributed by atoms with Crippen LogP contribution in [0.5, 0.6) is 0 Å². The van der Waals surface area contributed by atoms with Gasteiger partial charge in [-0.05, 0) is 19.2 Å². The van der Waals surface area contributed by atoms with Gasteiger partial charge in [-0.25, -0.2) is 0 Å². The Balaban J connectivity index is 2.69. The molecule has 1 heterocycles. The lowest BCUT2D eigenvalue weighted by atomic mass is 10.3. The zero-order valence-electron chi connectivity index (χ0n) is 5.76. The van der Waals surface area contributed by atoms with E-state index >= 15 is 0 Å². The van der Waals surface area contributed by atoms with E-state index in [1.807, 2.05) is 19.2 Å². The summed E-state index contributed by atoms with van der Waals surface area (Å²) in [4.78, 5) is 4.07. The number of rotatable bonds is 2. The van der Waals surface area contributed by atoms with Crippen molar-refractivity contribution in [2.45, 2.75) is 6.54 Å². The van der Waals surface area contributed by atoms with Crippen LogP contribution in [0.15, 0.2) is 18.3 Å². The summed E-state index contributed by atoms with van der Waals surface area (Å²) in [6.45, 7) is 0.789. The van der Waals surface area contributed by atoms with E-state index in [0.717, 1.165) is 12.2 Å². The first-order chi connectivity index (χ1) is 4.83. The summed E-state index contributed by atoms with van der Waals surface area (Å²) in [5.41, 5.74) is 1.01. The molecule has 0 aromatic carbocycles. The van der Waals surface area contributed by atoms with E-state index in [-0.39, 0.29) is 0 Å². The molecule has 1 N–H and O–H groups in total. The van der Waals surface area contributed by atoms with Crippen molar-refractivity contribution >= 4 is 11.6 Å². The quantitative estimate of drug-likeness (QED) is 0.701. The van der Waals surface area contributed by atoms with Crippen molar-refractivity contribution in [1.29, 1.82) is 0 Å². The number of halogens is 1. The molecule has 0 bridgehead atoms. The number of nitrogens with one attached hydrogen (secondary N) is 1. The van der Waals surface area contributed by atoms with Crippen LogP contribution >= 0.6 is 11.6 Å². The summed E-state index contributed by atoms with van der Waals surface area (Å²) in [5.74, 6) is 0. The van der Waals surface area contributed by atoms with Gasteiger partial charge in [0.05, 0.1) is 10.7 Å². The van der Waals surface area contributed by atoms with Crippen molar-refractivity contribution in [2.24, 2.45) is 0 Å². The van der Waals surface area contributed by atoms with Crippen LogP contribution in [0.4, 0.5) is 0 Å². The summed E-state index contributed by atoms with van der Waals surface area (Å²) < 4.78 is 0. The second-order valence-electron chi connectivity index (χ2n) is 2.00. The van der Waals surface area contributed by atoms with Crippen molar-refractivity contribution in [3.05, 3.63) is 29.0 Å². The minimum absolute atomic E-state index is 0.680. The van der Waals surface area contributed by atoms with Gasteiger partial charge in [0.1, 0.15) is 0 Å². The molecule has 1 aromatic rings. The number of hydrogen-bond acceptors (Lipinski definition) is 2. The van der Waals surface area contributed by atoms with Gasteiger partial charge < -0.3 is 5.32 Å². The predicted octanol–water partition coefficient (Wildman–Crippen LogP) is 1.45.